The average molecular weight is 547 g/mol. The predicted molar refractivity (Wildman–Crippen MR) is 144 cm³/mol. The number of hydrogen-bond acceptors (Lipinski definition) is 10. The normalized spacial score (nSPS) is 14.9. The van der Waals surface area contributed by atoms with Gasteiger partial charge in [0.2, 0.25) is 18.4 Å². The smallest absolute Gasteiger partial charge is 0.353 e. The summed E-state index contributed by atoms with van der Waals surface area (Å²) in [5, 5.41) is 12.5. The van der Waals surface area contributed by atoms with E-state index in [0.717, 1.165) is 29.2 Å². The van der Waals surface area contributed by atoms with Crippen LogP contribution in [0.5, 0.6) is 11.5 Å². The minimum absolute atomic E-state index is 0.166. The van der Waals surface area contributed by atoms with Crippen molar-refractivity contribution in [3.63, 3.8) is 0 Å². The van der Waals surface area contributed by atoms with Gasteiger partial charge in [-0.2, -0.15) is 0 Å². The van der Waals surface area contributed by atoms with Crippen molar-refractivity contribution in [2.75, 3.05) is 42.8 Å². The van der Waals surface area contributed by atoms with E-state index < -0.39 is 4.92 Å². The Morgan fingerprint density at radius 2 is 1.73 bits per heavy atom. The number of nitrogens with zero attached hydrogens (tertiary/aromatic N) is 6. The van der Waals surface area contributed by atoms with Crippen molar-refractivity contribution in [1.29, 1.82) is 0 Å². The first-order valence-corrected chi connectivity index (χ1v) is 12.9. The van der Waals surface area contributed by atoms with Crippen molar-refractivity contribution in [1.82, 2.24) is 14.9 Å². The zero-order chi connectivity index (χ0) is 27.5. The van der Waals surface area contributed by atoms with E-state index in [0.29, 0.717) is 31.9 Å². The molecule has 2 aromatic heterocycles. The second-order valence-corrected chi connectivity index (χ2v) is 9.64. The molecular weight excluding hydrogens is 519 g/mol. The highest BCUT2D eigenvalue weighted by Gasteiger charge is 2.32. The van der Waals surface area contributed by atoms with Crippen molar-refractivity contribution in [2.24, 2.45) is 0 Å². The first-order chi connectivity index (χ1) is 19.5. The summed E-state index contributed by atoms with van der Waals surface area (Å²) in [6.07, 6.45) is 2.91. The molecule has 0 unspecified atom stereocenters. The number of hydrogen-bond donors (Lipinski definition) is 0. The lowest BCUT2D eigenvalue weighted by Gasteiger charge is -2.35. The van der Waals surface area contributed by atoms with Gasteiger partial charge in [-0.1, -0.05) is 18.2 Å². The van der Waals surface area contributed by atoms with Gasteiger partial charge in [0, 0.05) is 39.3 Å². The van der Waals surface area contributed by atoms with E-state index in [1.807, 2.05) is 23.1 Å². The third kappa shape index (κ3) is 5.52. The van der Waals surface area contributed by atoms with Crippen molar-refractivity contribution in [2.45, 2.75) is 19.6 Å². The molecule has 6 rings (SSSR count). The highest BCUT2D eigenvalue weighted by molar-refractivity contribution is 5.71. The van der Waals surface area contributed by atoms with E-state index in [9.17, 15) is 14.5 Å². The van der Waals surface area contributed by atoms with Crippen LogP contribution in [0.1, 0.15) is 16.9 Å². The number of benzene rings is 2. The van der Waals surface area contributed by atoms with Gasteiger partial charge in [0.25, 0.3) is 0 Å². The number of piperazine rings is 1. The van der Waals surface area contributed by atoms with Crippen LogP contribution in [0.3, 0.4) is 0 Å². The fraction of sp³-hybridized carbons (Fsp3) is 0.286. The zero-order valence-corrected chi connectivity index (χ0v) is 21.6. The highest BCUT2D eigenvalue weighted by Crippen LogP contribution is 2.37. The van der Waals surface area contributed by atoms with Crippen LogP contribution in [0.4, 0.5) is 21.7 Å². The Hall–Kier alpha value is -4.71. The molecule has 0 N–H and O–H groups in total. The molecule has 2 aliphatic heterocycles. The number of nitro groups is 1. The Kier molecular flexibility index (Phi) is 7.15. The Bertz CT molecular complexity index is 1480. The van der Waals surface area contributed by atoms with Crippen LogP contribution in [-0.4, -0.2) is 52.8 Å². The number of halogens is 1. The summed E-state index contributed by atoms with van der Waals surface area (Å²) in [5.74, 6) is 2.23. The molecule has 0 saturated carbocycles. The maximum absolute atomic E-state index is 13.5. The molecule has 4 heterocycles. The van der Waals surface area contributed by atoms with Crippen LogP contribution in [0.15, 0.2) is 71.6 Å². The molecule has 0 amide bonds. The van der Waals surface area contributed by atoms with E-state index in [1.165, 1.54) is 18.5 Å². The van der Waals surface area contributed by atoms with E-state index in [-0.39, 0.29) is 43.0 Å². The number of ether oxygens (including phenoxy) is 2. The number of fused-ring (bicyclic) bond motifs is 1. The molecule has 40 heavy (non-hydrogen) atoms. The summed E-state index contributed by atoms with van der Waals surface area (Å²) in [7, 11) is 0. The minimum atomic E-state index is -0.427. The molecule has 12 heteroatoms. The first kappa shape index (κ1) is 25.6. The average Bonchev–Trinajstić information content (AvgIpc) is 3.66. The first-order valence-electron chi connectivity index (χ1n) is 12.9. The SMILES string of the molecule is O=[N+]([O-])c1c(N2CCN(Cc3ccc4c(c3)OCO4)CC2)ncnc1N(Cc1ccc(F)cc1)Cc1ccco1. The molecule has 0 bridgehead atoms. The molecule has 4 aromatic rings. The van der Waals surface area contributed by atoms with Crippen molar-refractivity contribution in [3.05, 3.63) is 100 Å². The third-order valence-electron chi connectivity index (χ3n) is 6.99. The molecule has 11 nitrogen and oxygen atoms in total. The summed E-state index contributed by atoms with van der Waals surface area (Å²) in [6, 6.07) is 15.5. The molecule has 2 aliphatic rings. The second kappa shape index (κ2) is 11.2. The van der Waals surface area contributed by atoms with Gasteiger partial charge in [-0.05, 0) is 47.5 Å². The van der Waals surface area contributed by atoms with Crippen LogP contribution in [0.25, 0.3) is 0 Å². The Morgan fingerprint density at radius 3 is 2.48 bits per heavy atom. The van der Waals surface area contributed by atoms with Gasteiger partial charge >= 0.3 is 5.69 Å². The van der Waals surface area contributed by atoms with Crippen molar-refractivity contribution < 1.29 is 23.2 Å². The van der Waals surface area contributed by atoms with Gasteiger partial charge in [-0.25, -0.2) is 14.4 Å². The van der Waals surface area contributed by atoms with E-state index in [1.54, 1.807) is 35.4 Å². The molecule has 1 fully saturated rings. The van der Waals surface area contributed by atoms with Crippen molar-refractivity contribution in [3.8, 4) is 11.5 Å². The van der Waals surface area contributed by atoms with E-state index >= 15 is 0 Å². The van der Waals surface area contributed by atoms with Gasteiger partial charge in [0.1, 0.15) is 17.9 Å². The maximum atomic E-state index is 13.5. The lowest BCUT2D eigenvalue weighted by Crippen LogP contribution is -2.46. The lowest BCUT2D eigenvalue weighted by atomic mass is 10.1. The van der Waals surface area contributed by atoms with E-state index in [4.69, 9.17) is 13.9 Å². The van der Waals surface area contributed by atoms with Crippen LogP contribution in [-0.2, 0) is 19.6 Å². The summed E-state index contributed by atoms with van der Waals surface area (Å²) in [4.78, 5) is 26.7. The van der Waals surface area contributed by atoms with Crippen LogP contribution < -0.4 is 19.3 Å². The Balaban J connectivity index is 1.22. The molecular formula is C28H27FN6O5. The molecule has 0 atom stereocenters. The largest absolute Gasteiger partial charge is 0.467 e. The summed E-state index contributed by atoms with van der Waals surface area (Å²) in [6.45, 7) is 4.02. The quantitative estimate of drug-likeness (QED) is 0.222. The number of furan rings is 1. The summed E-state index contributed by atoms with van der Waals surface area (Å²) < 4.78 is 29.9. The Labute approximate surface area is 229 Å². The van der Waals surface area contributed by atoms with Crippen LogP contribution in [0.2, 0.25) is 0 Å². The highest BCUT2D eigenvalue weighted by atomic mass is 19.1. The standard InChI is InChI=1S/C28H27FN6O5/c29-22-6-3-20(4-7-22)16-34(17-23-2-1-13-38-23)28-26(35(36)37)27(30-18-31-28)33-11-9-32(10-12-33)15-21-5-8-24-25(14-21)40-19-39-24/h1-8,13-14,18H,9-12,15-17,19H2. The number of aromatic nitrogens is 2. The van der Waals surface area contributed by atoms with Crippen LogP contribution >= 0.6 is 0 Å². The molecule has 2 aromatic carbocycles. The summed E-state index contributed by atoms with van der Waals surface area (Å²) >= 11 is 0. The maximum Gasteiger partial charge on any atom is 0.353 e. The molecule has 0 aliphatic carbocycles. The zero-order valence-electron chi connectivity index (χ0n) is 21.6. The van der Waals surface area contributed by atoms with Crippen LogP contribution in [0, 0.1) is 15.9 Å². The predicted octanol–water partition coefficient (Wildman–Crippen LogP) is 4.37. The molecule has 1 saturated heterocycles. The number of anilines is 2. The van der Waals surface area contributed by atoms with Gasteiger partial charge < -0.3 is 23.7 Å². The van der Waals surface area contributed by atoms with Gasteiger partial charge in [-0.3, -0.25) is 15.0 Å². The lowest BCUT2D eigenvalue weighted by molar-refractivity contribution is -0.383. The topological polar surface area (TPSA) is 110 Å². The van der Waals surface area contributed by atoms with Gasteiger partial charge in [-0.15, -0.1) is 0 Å². The van der Waals surface area contributed by atoms with Gasteiger partial charge in [0.05, 0.1) is 17.7 Å². The second-order valence-electron chi connectivity index (χ2n) is 9.64. The Morgan fingerprint density at radius 1 is 0.950 bits per heavy atom. The third-order valence-corrected chi connectivity index (χ3v) is 6.99. The minimum Gasteiger partial charge on any atom is -0.467 e. The fourth-order valence-corrected chi connectivity index (χ4v) is 5.01. The molecule has 206 valence electrons. The number of rotatable bonds is 9. The molecule has 0 spiro atoms. The van der Waals surface area contributed by atoms with Gasteiger partial charge in [0.15, 0.2) is 11.5 Å². The summed E-state index contributed by atoms with van der Waals surface area (Å²) in [5.41, 5.74) is 1.72. The molecule has 0 radical (unpaired) electrons. The van der Waals surface area contributed by atoms with Crippen molar-refractivity contribution >= 4 is 17.3 Å². The monoisotopic (exact) mass is 546 g/mol. The van der Waals surface area contributed by atoms with E-state index in [2.05, 4.69) is 14.9 Å². The fourth-order valence-electron chi connectivity index (χ4n) is 5.01.